The third kappa shape index (κ3) is 3.17. The van der Waals surface area contributed by atoms with E-state index < -0.39 is 0 Å². The zero-order valence-corrected chi connectivity index (χ0v) is 11.4. The quantitative estimate of drug-likeness (QED) is 0.861. The number of hydrogen-bond acceptors (Lipinski definition) is 4. The molecule has 2 aromatic heterocycles. The average molecular weight is 299 g/mol. The standard InChI is InChI=1S/C11H15BrN4O/c1-8(2)17-6-4-13-10-11-14-3-5-16(11)7-9(12)15-10/h3,5,7-8H,4,6H2,1-2H3,(H,13,15). The Kier molecular flexibility index (Phi) is 3.96. The molecule has 0 atom stereocenters. The molecule has 0 aliphatic rings. The highest BCUT2D eigenvalue weighted by Gasteiger charge is 2.05. The fourth-order valence-corrected chi connectivity index (χ4v) is 1.88. The molecule has 6 heteroatoms. The van der Waals surface area contributed by atoms with Crippen molar-refractivity contribution in [3.63, 3.8) is 0 Å². The van der Waals surface area contributed by atoms with Crippen molar-refractivity contribution >= 4 is 27.4 Å². The molecule has 2 heterocycles. The van der Waals surface area contributed by atoms with E-state index in [0.717, 1.165) is 16.1 Å². The Labute approximate surface area is 108 Å². The molecule has 0 bridgehead atoms. The summed E-state index contributed by atoms with van der Waals surface area (Å²) in [5, 5.41) is 3.22. The predicted molar refractivity (Wildman–Crippen MR) is 70.3 cm³/mol. The Balaban J connectivity index is 2.04. The second kappa shape index (κ2) is 5.46. The number of nitrogens with zero attached hydrogens (tertiary/aromatic N) is 3. The summed E-state index contributed by atoms with van der Waals surface area (Å²) < 4.78 is 8.15. The van der Waals surface area contributed by atoms with Crippen molar-refractivity contribution in [1.82, 2.24) is 14.4 Å². The number of fused-ring (bicyclic) bond motifs is 1. The number of rotatable bonds is 5. The summed E-state index contributed by atoms with van der Waals surface area (Å²) in [7, 11) is 0. The van der Waals surface area contributed by atoms with Gasteiger partial charge in [-0.2, -0.15) is 0 Å². The van der Waals surface area contributed by atoms with E-state index in [1.807, 2.05) is 30.6 Å². The molecule has 0 amide bonds. The lowest BCUT2D eigenvalue weighted by molar-refractivity contribution is 0.0870. The molecule has 2 aromatic rings. The highest BCUT2D eigenvalue weighted by molar-refractivity contribution is 9.10. The van der Waals surface area contributed by atoms with E-state index in [9.17, 15) is 0 Å². The summed E-state index contributed by atoms with van der Waals surface area (Å²) in [6.45, 7) is 5.40. The Hall–Kier alpha value is -1.14. The van der Waals surface area contributed by atoms with E-state index in [4.69, 9.17) is 4.74 Å². The monoisotopic (exact) mass is 298 g/mol. The molecule has 0 unspecified atom stereocenters. The van der Waals surface area contributed by atoms with Crippen LogP contribution in [0.1, 0.15) is 13.8 Å². The van der Waals surface area contributed by atoms with Crippen LogP contribution >= 0.6 is 15.9 Å². The van der Waals surface area contributed by atoms with Gasteiger partial charge in [0.15, 0.2) is 11.5 Å². The molecule has 0 fully saturated rings. The lowest BCUT2D eigenvalue weighted by atomic mass is 10.5. The number of aromatic nitrogens is 3. The van der Waals surface area contributed by atoms with Gasteiger partial charge in [0.05, 0.1) is 12.7 Å². The van der Waals surface area contributed by atoms with Gasteiger partial charge in [0, 0.05) is 25.1 Å². The van der Waals surface area contributed by atoms with Gasteiger partial charge in [0.2, 0.25) is 0 Å². The lowest BCUT2D eigenvalue weighted by Gasteiger charge is -2.09. The second-order valence-electron chi connectivity index (χ2n) is 3.92. The molecule has 0 spiro atoms. The Morgan fingerprint density at radius 2 is 2.35 bits per heavy atom. The van der Waals surface area contributed by atoms with E-state index in [2.05, 4.69) is 31.2 Å². The van der Waals surface area contributed by atoms with Crippen molar-refractivity contribution < 1.29 is 4.74 Å². The van der Waals surface area contributed by atoms with Crippen molar-refractivity contribution in [3.8, 4) is 0 Å². The molecule has 17 heavy (non-hydrogen) atoms. The second-order valence-corrected chi connectivity index (χ2v) is 4.73. The van der Waals surface area contributed by atoms with Crippen LogP contribution in [-0.2, 0) is 4.74 Å². The molecule has 2 rings (SSSR count). The van der Waals surface area contributed by atoms with Crippen LogP contribution in [0.25, 0.3) is 5.65 Å². The Morgan fingerprint density at radius 1 is 1.53 bits per heavy atom. The van der Waals surface area contributed by atoms with Crippen molar-refractivity contribution in [1.29, 1.82) is 0 Å². The molecule has 5 nitrogen and oxygen atoms in total. The summed E-state index contributed by atoms with van der Waals surface area (Å²) in [5.74, 6) is 0.761. The molecule has 0 aromatic carbocycles. The van der Waals surface area contributed by atoms with E-state index in [0.29, 0.717) is 13.2 Å². The van der Waals surface area contributed by atoms with E-state index >= 15 is 0 Å². The van der Waals surface area contributed by atoms with Crippen molar-refractivity contribution in [2.24, 2.45) is 0 Å². The van der Waals surface area contributed by atoms with Gasteiger partial charge in [-0.1, -0.05) is 0 Å². The molecule has 0 radical (unpaired) electrons. The first-order valence-electron chi connectivity index (χ1n) is 5.51. The maximum Gasteiger partial charge on any atom is 0.180 e. The summed E-state index contributed by atoms with van der Waals surface area (Å²) in [5.41, 5.74) is 0.817. The van der Waals surface area contributed by atoms with Gasteiger partial charge >= 0.3 is 0 Å². The molecule has 0 saturated heterocycles. The van der Waals surface area contributed by atoms with Gasteiger partial charge in [-0.25, -0.2) is 9.97 Å². The molecule has 0 aliphatic carbocycles. The van der Waals surface area contributed by atoms with Gasteiger partial charge in [-0.15, -0.1) is 0 Å². The SMILES string of the molecule is CC(C)OCCNc1nc(Br)cn2ccnc12. The summed E-state index contributed by atoms with van der Waals surface area (Å²) >= 11 is 3.37. The molecule has 1 N–H and O–H groups in total. The maximum atomic E-state index is 5.46. The highest BCUT2D eigenvalue weighted by atomic mass is 79.9. The third-order valence-corrected chi connectivity index (χ3v) is 2.57. The first kappa shape index (κ1) is 12.3. The first-order valence-corrected chi connectivity index (χ1v) is 6.31. The number of imidazole rings is 1. The van der Waals surface area contributed by atoms with E-state index in [-0.39, 0.29) is 6.10 Å². The van der Waals surface area contributed by atoms with Crippen LogP contribution < -0.4 is 5.32 Å². The molecule has 92 valence electrons. The topological polar surface area (TPSA) is 51.5 Å². The third-order valence-electron chi connectivity index (χ3n) is 2.19. The van der Waals surface area contributed by atoms with Gasteiger partial charge in [0.25, 0.3) is 0 Å². The average Bonchev–Trinajstić information content (AvgIpc) is 2.71. The fourth-order valence-electron chi connectivity index (χ4n) is 1.48. The van der Waals surface area contributed by atoms with Crippen LogP contribution in [0, 0.1) is 0 Å². The molecular formula is C11H15BrN4O. The number of halogens is 1. The van der Waals surface area contributed by atoms with Gasteiger partial charge in [-0.05, 0) is 29.8 Å². The van der Waals surface area contributed by atoms with Crippen LogP contribution in [0.5, 0.6) is 0 Å². The van der Waals surface area contributed by atoms with Crippen LogP contribution in [-0.4, -0.2) is 33.6 Å². The minimum Gasteiger partial charge on any atom is -0.377 e. The van der Waals surface area contributed by atoms with Crippen LogP contribution in [0.4, 0.5) is 5.82 Å². The lowest BCUT2D eigenvalue weighted by Crippen LogP contribution is -2.14. The highest BCUT2D eigenvalue weighted by Crippen LogP contribution is 2.16. The zero-order chi connectivity index (χ0) is 12.3. The predicted octanol–water partition coefficient (Wildman–Crippen LogP) is 2.33. The largest absolute Gasteiger partial charge is 0.377 e. The Bertz CT molecular complexity index is 497. The number of nitrogens with one attached hydrogen (secondary N) is 1. The molecule has 0 saturated carbocycles. The fraction of sp³-hybridized carbons (Fsp3) is 0.455. The number of hydrogen-bond donors (Lipinski definition) is 1. The minimum absolute atomic E-state index is 0.249. The van der Waals surface area contributed by atoms with E-state index in [1.54, 1.807) is 6.20 Å². The van der Waals surface area contributed by atoms with Gasteiger partial charge < -0.3 is 14.5 Å². The van der Waals surface area contributed by atoms with Crippen molar-refractivity contribution in [2.45, 2.75) is 20.0 Å². The zero-order valence-electron chi connectivity index (χ0n) is 9.85. The van der Waals surface area contributed by atoms with Crippen LogP contribution in [0.2, 0.25) is 0 Å². The maximum absolute atomic E-state index is 5.46. The summed E-state index contributed by atoms with van der Waals surface area (Å²) in [6.07, 6.45) is 5.76. The molecular weight excluding hydrogens is 284 g/mol. The first-order chi connectivity index (χ1) is 8.16. The minimum atomic E-state index is 0.249. The van der Waals surface area contributed by atoms with Gasteiger partial charge in [-0.3, -0.25) is 0 Å². The number of anilines is 1. The number of ether oxygens (including phenoxy) is 1. The van der Waals surface area contributed by atoms with Crippen LogP contribution in [0.15, 0.2) is 23.2 Å². The Morgan fingerprint density at radius 3 is 3.12 bits per heavy atom. The summed E-state index contributed by atoms with van der Waals surface area (Å²) in [6, 6.07) is 0. The molecule has 0 aliphatic heterocycles. The summed E-state index contributed by atoms with van der Waals surface area (Å²) in [4.78, 5) is 8.61. The van der Waals surface area contributed by atoms with Gasteiger partial charge in [0.1, 0.15) is 4.60 Å². The van der Waals surface area contributed by atoms with Crippen LogP contribution in [0.3, 0.4) is 0 Å². The van der Waals surface area contributed by atoms with Crippen molar-refractivity contribution in [2.75, 3.05) is 18.5 Å². The van der Waals surface area contributed by atoms with Crippen molar-refractivity contribution in [3.05, 3.63) is 23.2 Å². The normalized spacial score (nSPS) is 11.3. The smallest absolute Gasteiger partial charge is 0.180 e. The van der Waals surface area contributed by atoms with E-state index in [1.165, 1.54) is 0 Å².